The third kappa shape index (κ3) is 0.383. The van der Waals surface area contributed by atoms with Gasteiger partial charge in [0, 0.05) is 30.0 Å². The molecule has 2 fully saturated rings. The Balaban J connectivity index is 2.29. The molecule has 1 saturated carbocycles. The Morgan fingerprint density at radius 3 is 2.00 bits per heavy atom. The molecule has 3 N–H and O–H groups in total. The highest BCUT2D eigenvalue weighted by Gasteiger charge is 2.71. The lowest BCUT2D eigenvalue weighted by atomic mass is 10.0. The van der Waals surface area contributed by atoms with E-state index < -0.39 is 0 Å². The molecule has 9 heavy (non-hydrogen) atoms. The molecule has 0 aromatic carbocycles. The topological polar surface area (TPSA) is 38.0 Å². The Bertz CT molecular complexity index is 141. The van der Waals surface area contributed by atoms with Crippen LogP contribution in [0.2, 0.25) is 0 Å². The van der Waals surface area contributed by atoms with Gasteiger partial charge in [-0.3, -0.25) is 0 Å². The van der Waals surface area contributed by atoms with Crippen molar-refractivity contribution < 1.29 is 0 Å². The van der Waals surface area contributed by atoms with E-state index in [2.05, 4.69) is 19.2 Å². The molecule has 0 aromatic rings. The van der Waals surface area contributed by atoms with Gasteiger partial charge in [0.2, 0.25) is 0 Å². The molecule has 2 rings (SSSR count). The molecule has 52 valence electrons. The second-order valence-corrected chi connectivity index (χ2v) is 3.92. The van der Waals surface area contributed by atoms with Crippen LogP contribution in [0.4, 0.5) is 0 Å². The van der Waals surface area contributed by atoms with Crippen molar-refractivity contribution in [2.75, 3.05) is 13.1 Å². The molecule has 1 unspecified atom stereocenters. The summed E-state index contributed by atoms with van der Waals surface area (Å²) in [6.45, 7) is 6.78. The van der Waals surface area contributed by atoms with Crippen molar-refractivity contribution in [1.29, 1.82) is 0 Å². The first-order valence-corrected chi connectivity index (χ1v) is 3.57. The van der Waals surface area contributed by atoms with Crippen molar-refractivity contribution in [1.82, 2.24) is 5.32 Å². The van der Waals surface area contributed by atoms with Crippen LogP contribution in [-0.4, -0.2) is 19.1 Å². The molecular weight excluding hydrogens is 112 g/mol. The smallest absolute Gasteiger partial charge is 0.0184 e. The Labute approximate surface area is 55.8 Å². The maximum absolute atomic E-state index is 5.90. The monoisotopic (exact) mass is 126 g/mol. The maximum Gasteiger partial charge on any atom is 0.0184 e. The summed E-state index contributed by atoms with van der Waals surface area (Å²) >= 11 is 0. The first-order valence-electron chi connectivity index (χ1n) is 3.57. The number of hydrogen-bond donors (Lipinski definition) is 2. The molecule has 2 nitrogen and oxygen atoms in total. The normalized spacial score (nSPS) is 63.7. The first-order chi connectivity index (χ1) is 4.11. The van der Waals surface area contributed by atoms with Gasteiger partial charge in [-0.25, -0.2) is 0 Å². The van der Waals surface area contributed by atoms with E-state index in [0.29, 0.717) is 16.9 Å². The zero-order chi connectivity index (χ0) is 6.70. The van der Waals surface area contributed by atoms with Crippen molar-refractivity contribution in [2.45, 2.75) is 19.9 Å². The van der Waals surface area contributed by atoms with Crippen LogP contribution >= 0.6 is 0 Å². The molecule has 0 amide bonds. The molecular formula is C7H14N2. The fourth-order valence-electron chi connectivity index (χ4n) is 2.21. The van der Waals surface area contributed by atoms with E-state index in [1.807, 2.05) is 0 Å². The fraction of sp³-hybridized carbons (Fsp3) is 1.00. The number of nitrogens with one attached hydrogen (secondary N) is 1. The minimum absolute atomic E-state index is 0.424. The lowest BCUT2D eigenvalue weighted by Gasteiger charge is -2.03. The average molecular weight is 126 g/mol. The van der Waals surface area contributed by atoms with Gasteiger partial charge < -0.3 is 11.1 Å². The van der Waals surface area contributed by atoms with Crippen molar-refractivity contribution in [3.05, 3.63) is 0 Å². The second-order valence-electron chi connectivity index (χ2n) is 3.92. The zero-order valence-electron chi connectivity index (χ0n) is 6.07. The van der Waals surface area contributed by atoms with E-state index in [9.17, 15) is 0 Å². The number of hydrogen-bond acceptors (Lipinski definition) is 2. The van der Waals surface area contributed by atoms with E-state index in [4.69, 9.17) is 5.73 Å². The fourth-order valence-corrected chi connectivity index (χ4v) is 2.21. The van der Waals surface area contributed by atoms with Gasteiger partial charge in [0.05, 0.1) is 0 Å². The van der Waals surface area contributed by atoms with Crippen molar-refractivity contribution >= 4 is 0 Å². The highest BCUT2D eigenvalue weighted by atomic mass is 15.1. The summed E-state index contributed by atoms with van der Waals surface area (Å²) < 4.78 is 0. The Morgan fingerprint density at radius 2 is 1.78 bits per heavy atom. The van der Waals surface area contributed by atoms with Gasteiger partial charge in [-0.15, -0.1) is 0 Å². The molecule has 3 atom stereocenters. The van der Waals surface area contributed by atoms with E-state index in [0.717, 1.165) is 13.1 Å². The largest absolute Gasteiger partial charge is 0.327 e. The van der Waals surface area contributed by atoms with Gasteiger partial charge >= 0.3 is 0 Å². The predicted molar refractivity (Wildman–Crippen MR) is 37.1 cm³/mol. The van der Waals surface area contributed by atoms with Crippen LogP contribution in [-0.2, 0) is 0 Å². The number of nitrogens with two attached hydrogens (primary N) is 1. The highest BCUT2D eigenvalue weighted by molar-refractivity contribution is 5.26. The molecule has 2 aliphatic rings. The quantitative estimate of drug-likeness (QED) is 0.477. The molecule has 1 saturated heterocycles. The van der Waals surface area contributed by atoms with Crippen molar-refractivity contribution in [3.8, 4) is 0 Å². The van der Waals surface area contributed by atoms with Crippen LogP contribution in [0.1, 0.15) is 13.8 Å². The highest BCUT2D eigenvalue weighted by Crippen LogP contribution is 2.63. The number of fused-ring (bicyclic) bond motifs is 1. The van der Waals surface area contributed by atoms with E-state index in [1.165, 1.54) is 0 Å². The third-order valence-corrected chi connectivity index (χ3v) is 3.58. The standard InChI is InChI=1S/C7H14N2/c1-6-3-9-4-7(6,2)5(6)8/h5,9H,3-4,8H2,1-2H3/t5?,6-,7+. The molecule has 1 aliphatic heterocycles. The molecule has 0 bridgehead atoms. The summed E-state index contributed by atoms with van der Waals surface area (Å²) in [5.41, 5.74) is 6.75. The zero-order valence-corrected chi connectivity index (χ0v) is 6.07. The van der Waals surface area contributed by atoms with E-state index >= 15 is 0 Å². The lowest BCUT2D eigenvalue weighted by Crippen LogP contribution is -2.27. The minimum atomic E-state index is 0.424. The van der Waals surface area contributed by atoms with Gasteiger partial charge in [-0.1, -0.05) is 13.8 Å². The van der Waals surface area contributed by atoms with E-state index in [-0.39, 0.29) is 0 Å². The summed E-state index contributed by atoms with van der Waals surface area (Å²) in [5.74, 6) is 0. The Morgan fingerprint density at radius 1 is 1.33 bits per heavy atom. The van der Waals surface area contributed by atoms with Gasteiger partial charge in [0.15, 0.2) is 0 Å². The molecule has 1 aliphatic carbocycles. The van der Waals surface area contributed by atoms with Crippen LogP contribution in [0, 0.1) is 10.8 Å². The Hall–Kier alpha value is -0.0800. The average Bonchev–Trinajstić information content (AvgIpc) is 2.20. The van der Waals surface area contributed by atoms with Crippen molar-refractivity contribution in [3.63, 3.8) is 0 Å². The maximum atomic E-state index is 5.90. The summed E-state index contributed by atoms with van der Waals surface area (Å²) in [5, 5.41) is 3.35. The van der Waals surface area contributed by atoms with Crippen LogP contribution in [0.5, 0.6) is 0 Å². The molecule has 0 aromatic heterocycles. The second kappa shape index (κ2) is 1.18. The van der Waals surface area contributed by atoms with Gasteiger partial charge in [-0.05, 0) is 0 Å². The first kappa shape index (κ1) is 5.69. The summed E-state index contributed by atoms with van der Waals surface area (Å²) in [7, 11) is 0. The number of piperidine rings is 1. The van der Waals surface area contributed by atoms with Crippen LogP contribution in [0.3, 0.4) is 0 Å². The van der Waals surface area contributed by atoms with E-state index in [1.54, 1.807) is 0 Å². The van der Waals surface area contributed by atoms with Crippen LogP contribution in [0.15, 0.2) is 0 Å². The summed E-state index contributed by atoms with van der Waals surface area (Å²) in [6, 6.07) is 0.450. The SMILES string of the molecule is C[C@@]12CNC[C@]1(C)C2N. The molecule has 0 spiro atoms. The van der Waals surface area contributed by atoms with Crippen molar-refractivity contribution in [2.24, 2.45) is 16.6 Å². The van der Waals surface area contributed by atoms with Crippen LogP contribution in [0.25, 0.3) is 0 Å². The molecule has 0 radical (unpaired) electrons. The van der Waals surface area contributed by atoms with Gasteiger partial charge in [-0.2, -0.15) is 0 Å². The number of rotatable bonds is 0. The van der Waals surface area contributed by atoms with Crippen LogP contribution < -0.4 is 11.1 Å². The van der Waals surface area contributed by atoms with Gasteiger partial charge in [0.25, 0.3) is 0 Å². The summed E-state index contributed by atoms with van der Waals surface area (Å²) in [4.78, 5) is 0. The minimum Gasteiger partial charge on any atom is -0.327 e. The lowest BCUT2D eigenvalue weighted by molar-refractivity contribution is 0.494. The summed E-state index contributed by atoms with van der Waals surface area (Å²) in [6.07, 6.45) is 0. The Kier molecular flexibility index (Phi) is 0.746. The third-order valence-electron chi connectivity index (χ3n) is 3.58. The van der Waals surface area contributed by atoms with Gasteiger partial charge in [0.1, 0.15) is 0 Å². The molecule has 2 heteroatoms. The predicted octanol–water partition coefficient (Wildman–Crippen LogP) is -0.0569. The molecule has 1 heterocycles.